The lowest BCUT2D eigenvalue weighted by atomic mass is 10.1. The lowest BCUT2D eigenvalue weighted by Gasteiger charge is -2.08. The van der Waals surface area contributed by atoms with Gasteiger partial charge in [0.2, 0.25) is 0 Å². The van der Waals surface area contributed by atoms with Crippen molar-refractivity contribution in [1.82, 2.24) is 0 Å². The molecule has 0 aromatic carbocycles. The molecule has 5 heteroatoms. The summed E-state index contributed by atoms with van der Waals surface area (Å²) in [6.45, 7) is 6.55. The summed E-state index contributed by atoms with van der Waals surface area (Å²) in [5, 5.41) is 0. The van der Waals surface area contributed by atoms with Crippen LogP contribution in [0.3, 0.4) is 0 Å². The molecule has 0 saturated carbocycles. The summed E-state index contributed by atoms with van der Waals surface area (Å²) in [6.07, 6.45) is 2.42. The summed E-state index contributed by atoms with van der Waals surface area (Å²) in [5.74, 6) is 0.00171. The predicted molar refractivity (Wildman–Crippen MR) is 64.2 cm³/mol. The highest BCUT2D eigenvalue weighted by Gasteiger charge is 2.08. The Labute approximate surface area is 91.3 Å². The molecule has 82 valence electrons. The fourth-order valence-electron chi connectivity index (χ4n) is 0.994. The normalized spacial score (nSPS) is 13.5. The van der Waals surface area contributed by atoms with Gasteiger partial charge in [0.05, 0.1) is 6.61 Å². The molecule has 1 atom stereocenters. The molecule has 0 saturated heterocycles. The quantitative estimate of drug-likeness (QED) is 0.308. The first-order chi connectivity index (χ1) is 6.72. The zero-order valence-electron chi connectivity index (χ0n) is 9.12. The monoisotopic (exact) mass is 232 g/mol. The minimum absolute atomic E-state index is 0.0559. The molecule has 0 aliphatic rings. The Morgan fingerprint density at radius 1 is 1.71 bits per heavy atom. The van der Waals surface area contributed by atoms with E-state index in [0.29, 0.717) is 6.61 Å². The Balaban J connectivity index is 3.27. The van der Waals surface area contributed by atoms with Gasteiger partial charge < -0.3 is 8.85 Å². The van der Waals surface area contributed by atoms with E-state index >= 15 is 0 Å². The van der Waals surface area contributed by atoms with Crippen molar-refractivity contribution >= 4 is 26.0 Å². The standard InChI is InChI=1S/C9H20O3Si2/c1-3-9(10)8(2)7-11-5-4-6-14-12-13/h3,8H,1,4-7,14H2,2,13H3. The summed E-state index contributed by atoms with van der Waals surface area (Å²) < 4.78 is 10.6. The van der Waals surface area contributed by atoms with Crippen LogP contribution in [0.2, 0.25) is 6.04 Å². The van der Waals surface area contributed by atoms with E-state index in [1.54, 1.807) is 0 Å². The van der Waals surface area contributed by atoms with Crippen LogP contribution in [0.1, 0.15) is 13.3 Å². The maximum Gasteiger partial charge on any atom is 0.160 e. The van der Waals surface area contributed by atoms with Crippen molar-refractivity contribution in [2.75, 3.05) is 13.2 Å². The molecule has 0 radical (unpaired) electrons. The van der Waals surface area contributed by atoms with Crippen LogP contribution in [0.5, 0.6) is 0 Å². The van der Waals surface area contributed by atoms with E-state index < -0.39 is 0 Å². The van der Waals surface area contributed by atoms with E-state index in [-0.39, 0.29) is 21.5 Å². The number of carbonyl (C=O) groups excluding carboxylic acids is 1. The third-order valence-corrected chi connectivity index (χ3v) is 4.36. The molecule has 1 unspecified atom stereocenters. The van der Waals surface area contributed by atoms with Crippen LogP contribution in [0, 0.1) is 5.92 Å². The molecule has 0 bridgehead atoms. The summed E-state index contributed by atoms with van der Waals surface area (Å²) >= 11 is 0. The number of hydrogen-bond acceptors (Lipinski definition) is 3. The van der Waals surface area contributed by atoms with Gasteiger partial charge in [-0.05, 0) is 18.5 Å². The average Bonchev–Trinajstić information content (AvgIpc) is 2.21. The number of rotatable bonds is 9. The molecular formula is C9H20O3Si2. The second kappa shape index (κ2) is 9.32. The minimum atomic E-state index is -0.247. The third-order valence-electron chi connectivity index (χ3n) is 1.94. The lowest BCUT2D eigenvalue weighted by molar-refractivity contribution is -0.119. The summed E-state index contributed by atoms with van der Waals surface area (Å²) in [7, 11) is 0.621. The molecule has 0 aliphatic heterocycles. The van der Waals surface area contributed by atoms with Crippen LogP contribution in [0.25, 0.3) is 0 Å². The molecule has 3 nitrogen and oxygen atoms in total. The SMILES string of the molecule is C=CC(=O)C(C)COCCC[SiH2]O[SiH3]. The van der Waals surface area contributed by atoms with Gasteiger partial charge >= 0.3 is 0 Å². The van der Waals surface area contributed by atoms with E-state index in [2.05, 4.69) is 6.58 Å². The van der Waals surface area contributed by atoms with Gasteiger partial charge in [0.1, 0.15) is 20.2 Å². The molecule has 0 rings (SSSR count). The fraction of sp³-hybridized carbons (Fsp3) is 0.667. The highest BCUT2D eigenvalue weighted by Crippen LogP contribution is 2.00. The van der Waals surface area contributed by atoms with Crippen molar-refractivity contribution in [3.8, 4) is 0 Å². The van der Waals surface area contributed by atoms with Gasteiger partial charge in [0.25, 0.3) is 0 Å². The third kappa shape index (κ3) is 7.19. The Morgan fingerprint density at radius 3 is 3.00 bits per heavy atom. The van der Waals surface area contributed by atoms with E-state index in [4.69, 9.17) is 8.85 Å². The Kier molecular flexibility index (Phi) is 9.17. The predicted octanol–water partition coefficient (Wildman–Crippen LogP) is -0.417. The van der Waals surface area contributed by atoms with Gasteiger partial charge in [-0.25, -0.2) is 0 Å². The second-order valence-corrected chi connectivity index (χ2v) is 6.71. The van der Waals surface area contributed by atoms with Crippen molar-refractivity contribution in [3.05, 3.63) is 12.7 Å². The zero-order chi connectivity index (χ0) is 10.8. The maximum absolute atomic E-state index is 11.1. The van der Waals surface area contributed by atoms with Crippen molar-refractivity contribution in [2.45, 2.75) is 19.4 Å². The van der Waals surface area contributed by atoms with Crippen LogP contribution >= 0.6 is 0 Å². The number of carbonyl (C=O) groups is 1. The van der Waals surface area contributed by atoms with Gasteiger partial charge in [0.15, 0.2) is 5.78 Å². The van der Waals surface area contributed by atoms with E-state index in [0.717, 1.165) is 23.5 Å². The second-order valence-electron chi connectivity index (χ2n) is 3.28. The summed E-state index contributed by atoms with van der Waals surface area (Å²) in [6, 6.07) is 1.17. The van der Waals surface area contributed by atoms with Crippen molar-refractivity contribution in [1.29, 1.82) is 0 Å². The van der Waals surface area contributed by atoms with Crippen LogP contribution in [-0.2, 0) is 13.6 Å². The topological polar surface area (TPSA) is 35.5 Å². The minimum Gasteiger partial charge on any atom is -0.468 e. The zero-order valence-corrected chi connectivity index (χ0v) is 12.5. The Morgan fingerprint density at radius 2 is 2.43 bits per heavy atom. The molecule has 0 spiro atoms. The molecule has 0 aromatic heterocycles. The number of hydrogen-bond donors (Lipinski definition) is 0. The highest BCUT2D eigenvalue weighted by molar-refractivity contribution is 6.34. The van der Waals surface area contributed by atoms with Crippen LogP contribution < -0.4 is 0 Å². The average molecular weight is 232 g/mol. The van der Waals surface area contributed by atoms with Crippen molar-refractivity contribution in [3.63, 3.8) is 0 Å². The smallest absolute Gasteiger partial charge is 0.160 e. The van der Waals surface area contributed by atoms with Gasteiger partial charge in [-0.2, -0.15) is 0 Å². The summed E-state index contributed by atoms with van der Waals surface area (Å²) in [4.78, 5) is 11.1. The van der Waals surface area contributed by atoms with Crippen LogP contribution in [0.15, 0.2) is 12.7 Å². The summed E-state index contributed by atoms with van der Waals surface area (Å²) in [5.41, 5.74) is 0. The molecular weight excluding hydrogens is 212 g/mol. The van der Waals surface area contributed by atoms with Gasteiger partial charge in [-0.15, -0.1) is 0 Å². The maximum atomic E-state index is 11.1. The van der Waals surface area contributed by atoms with Crippen molar-refractivity contribution in [2.24, 2.45) is 5.92 Å². The van der Waals surface area contributed by atoms with Gasteiger partial charge in [-0.3, -0.25) is 4.79 Å². The fourth-order valence-corrected chi connectivity index (χ4v) is 2.56. The molecule has 0 amide bonds. The molecule has 0 aromatic rings. The van der Waals surface area contributed by atoms with Crippen LogP contribution in [-0.4, -0.2) is 39.2 Å². The Hall–Kier alpha value is -0.236. The largest absolute Gasteiger partial charge is 0.468 e. The Bertz CT molecular complexity index is 173. The first-order valence-corrected chi connectivity index (χ1v) is 7.34. The van der Waals surface area contributed by atoms with E-state index in [9.17, 15) is 4.79 Å². The lowest BCUT2D eigenvalue weighted by Crippen LogP contribution is -2.15. The molecule has 0 N–H and O–H groups in total. The van der Waals surface area contributed by atoms with Gasteiger partial charge in [-0.1, -0.05) is 13.5 Å². The van der Waals surface area contributed by atoms with Crippen LogP contribution in [0.4, 0.5) is 0 Å². The first kappa shape index (κ1) is 13.8. The van der Waals surface area contributed by atoms with E-state index in [1.807, 2.05) is 6.92 Å². The number of allylic oxidation sites excluding steroid dienone is 1. The number of ketones is 1. The number of ether oxygens (including phenoxy) is 1. The van der Waals surface area contributed by atoms with Crippen molar-refractivity contribution < 1.29 is 13.6 Å². The molecule has 14 heavy (non-hydrogen) atoms. The molecule has 0 aliphatic carbocycles. The highest BCUT2D eigenvalue weighted by atomic mass is 28.3. The van der Waals surface area contributed by atoms with E-state index in [1.165, 1.54) is 12.1 Å². The molecule has 0 heterocycles. The molecule has 0 fully saturated rings. The van der Waals surface area contributed by atoms with Gasteiger partial charge in [0, 0.05) is 12.5 Å². The first-order valence-electron chi connectivity index (χ1n) is 4.95.